The Morgan fingerprint density at radius 1 is 1.31 bits per heavy atom. The van der Waals surface area contributed by atoms with Crippen LogP contribution in [-0.4, -0.2) is 38.4 Å². The summed E-state index contributed by atoms with van der Waals surface area (Å²) in [6.07, 6.45) is 0. The summed E-state index contributed by atoms with van der Waals surface area (Å²) in [5, 5.41) is 8.29. The molecule has 0 aliphatic carbocycles. The highest BCUT2D eigenvalue weighted by molar-refractivity contribution is 5.93. The third kappa shape index (κ3) is 6.56. The Hall–Kier alpha value is -1.87. The first-order chi connectivity index (χ1) is 7.61. The lowest BCUT2D eigenvalue weighted by molar-refractivity contribution is -0.157. The van der Waals surface area contributed by atoms with Gasteiger partial charge >= 0.3 is 11.9 Å². The predicted octanol–water partition coefficient (Wildman–Crippen LogP) is 0.189. The van der Waals surface area contributed by atoms with Gasteiger partial charge < -0.3 is 14.2 Å². The molecule has 0 aromatic carbocycles. The van der Waals surface area contributed by atoms with Crippen LogP contribution < -0.4 is 0 Å². The molecule has 0 N–H and O–H groups in total. The summed E-state index contributed by atoms with van der Waals surface area (Å²) in [5.74, 6) is -1.62. The molecule has 0 bridgehead atoms. The fourth-order valence-corrected chi connectivity index (χ4v) is 0.658. The first kappa shape index (κ1) is 14.1. The van der Waals surface area contributed by atoms with Crippen LogP contribution in [0.4, 0.5) is 0 Å². The van der Waals surface area contributed by atoms with E-state index in [2.05, 4.69) is 16.1 Å². The van der Waals surface area contributed by atoms with E-state index >= 15 is 0 Å². The fourth-order valence-electron chi connectivity index (χ4n) is 0.658. The van der Waals surface area contributed by atoms with Gasteiger partial charge in [0.25, 0.3) is 0 Å². The molecule has 88 valence electrons. The van der Waals surface area contributed by atoms with E-state index in [4.69, 9.17) is 10.00 Å². The second-order valence-corrected chi connectivity index (χ2v) is 2.58. The van der Waals surface area contributed by atoms with Crippen molar-refractivity contribution in [3.05, 3.63) is 12.2 Å². The van der Waals surface area contributed by atoms with Gasteiger partial charge in [0.1, 0.15) is 18.2 Å². The molecular weight excluding hydrogens is 214 g/mol. The number of nitriles is 1. The normalized spacial score (nSPS) is 9.00. The first-order valence-electron chi connectivity index (χ1n) is 4.61. The van der Waals surface area contributed by atoms with Gasteiger partial charge in [-0.3, -0.25) is 0 Å². The second kappa shape index (κ2) is 8.44. The van der Waals surface area contributed by atoms with Crippen molar-refractivity contribution in [2.24, 2.45) is 0 Å². The standard InChI is InChI=1S/C10H13NO5/c1-3-14-4-5-15-9(12)7-16-10(13)8(2)6-11/h2-5,7H2,1H3. The van der Waals surface area contributed by atoms with Gasteiger partial charge in [0.2, 0.25) is 0 Å². The number of hydrogen-bond donors (Lipinski definition) is 0. The SMILES string of the molecule is C=C(C#N)C(=O)OCC(=O)OCCOCC. The first-order valence-corrected chi connectivity index (χ1v) is 4.61. The average molecular weight is 227 g/mol. The molecule has 0 fully saturated rings. The zero-order chi connectivity index (χ0) is 12.4. The lowest BCUT2D eigenvalue weighted by Crippen LogP contribution is -2.18. The van der Waals surface area contributed by atoms with Crippen molar-refractivity contribution < 1.29 is 23.8 Å². The summed E-state index contributed by atoms with van der Waals surface area (Å²) in [6.45, 7) is 5.34. The molecular formula is C10H13NO5. The van der Waals surface area contributed by atoms with Crippen molar-refractivity contribution in [1.29, 1.82) is 5.26 Å². The van der Waals surface area contributed by atoms with Gasteiger partial charge in [-0.05, 0) is 6.92 Å². The molecule has 6 heteroatoms. The smallest absolute Gasteiger partial charge is 0.348 e. The molecule has 0 saturated carbocycles. The van der Waals surface area contributed by atoms with Crippen molar-refractivity contribution in [3.8, 4) is 6.07 Å². The summed E-state index contributed by atoms with van der Waals surface area (Å²) < 4.78 is 14.0. The predicted molar refractivity (Wildman–Crippen MR) is 53.2 cm³/mol. The van der Waals surface area contributed by atoms with Crippen LogP contribution >= 0.6 is 0 Å². The number of esters is 2. The highest BCUT2D eigenvalue weighted by atomic mass is 16.6. The van der Waals surface area contributed by atoms with E-state index in [0.29, 0.717) is 13.2 Å². The van der Waals surface area contributed by atoms with E-state index in [1.54, 1.807) is 0 Å². The Kier molecular flexibility index (Phi) is 7.45. The Morgan fingerprint density at radius 3 is 2.56 bits per heavy atom. The number of carbonyl (C=O) groups excluding carboxylic acids is 2. The van der Waals surface area contributed by atoms with Crippen LogP contribution in [0.15, 0.2) is 12.2 Å². The molecule has 0 radical (unpaired) electrons. The zero-order valence-corrected chi connectivity index (χ0v) is 9.02. The zero-order valence-electron chi connectivity index (χ0n) is 9.02. The third-order valence-corrected chi connectivity index (χ3v) is 1.40. The van der Waals surface area contributed by atoms with Crippen LogP contribution in [0.5, 0.6) is 0 Å². The molecule has 0 aliphatic heterocycles. The van der Waals surface area contributed by atoms with Crippen molar-refractivity contribution in [1.82, 2.24) is 0 Å². The van der Waals surface area contributed by atoms with E-state index in [1.165, 1.54) is 6.07 Å². The molecule has 0 aromatic heterocycles. The monoisotopic (exact) mass is 227 g/mol. The Balaban J connectivity index is 3.62. The molecule has 16 heavy (non-hydrogen) atoms. The molecule has 6 nitrogen and oxygen atoms in total. The molecule has 0 aliphatic rings. The van der Waals surface area contributed by atoms with E-state index in [1.807, 2.05) is 6.92 Å². The van der Waals surface area contributed by atoms with Crippen molar-refractivity contribution in [2.75, 3.05) is 26.4 Å². The summed E-state index contributed by atoms with van der Waals surface area (Å²) in [4.78, 5) is 21.8. The Morgan fingerprint density at radius 2 is 2.00 bits per heavy atom. The minimum Gasteiger partial charge on any atom is -0.461 e. The number of nitrogens with zero attached hydrogens (tertiary/aromatic N) is 1. The van der Waals surface area contributed by atoms with Gasteiger partial charge in [0.05, 0.1) is 6.61 Å². The maximum Gasteiger partial charge on any atom is 0.348 e. The highest BCUT2D eigenvalue weighted by Gasteiger charge is 2.11. The van der Waals surface area contributed by atoms with Crippen LogP contribution in [0, 0.1) is 11.3 Å². The molecule has 0 rings (SSSR count). The average Bonchev–Trinajstić information content (AvgIpc) is 2.30. The van der Waals surface area contributed by atoms with Gasteiger partial charge in [0, 0.05) is 6.61 Å². The summed E-state index contributed by atoms with van der Waals surface area (Å²) >= 11 is 0. The summed E-state index contributed by atoms with van der Waals surface area (Å²) in [6, 6.07) is 1.51. The van der Waals surface area contributed by atoms with Crippen LogP contribution in [0.2, 0.25) is 0 Å². The largest absolute Gasteiger partial charge is 0.461 e. The van der Waals surface area contributed by atoms with Gasteiger partial charge in [-0.25, -0.2) is 9.59 Å². The minimum atomic E-state index is -0.927. The Bertz CT molecular complexity index is 305. The van der Waals surface area contributed by atoms with Gasteiger partial charge in [-0.2, -0.15) is 5.26 Å². The maximum absolute atomic E-state index is 11.0. The molecule has 0 spiro atoms. The molecule has 0 unspecified atom stereocenters. The lowest BCUT2D eigenvalue weighted by Gasteiger charge is -2.05. The molecule has 0 heterocycles. The van der Waals surface area contributed by atoms with Crippen LogP contribution in [0.1, 0.15) is 6.92 Å². The lowest BCUT2D eigenvalue weighted by atomic mass is 10.3. The number of hydrogen-bond acceptors (Lipinski definition) is 6. The molecule has 0 atom stereocenters. The molecule has 0 amide bonds. The number of rotatable bonds is 7. The third-order valence-electron chi connectivity index (χ3n) is 1.40. The van der Waals surface area contributed by atoms with Crippen molar-refractivity contribution in [3.63, 3.8) is 0 Å². The molecule has 0 saturated heterocycles. The van der Waals surface area contributed by atoms with Crippen LogP contribution in [0.3, 0.4) is 0 Å². The van der Waals surface area contributed by atoms with E-state index in [9.17, 15) is 9.59 Å². The number of carbonyl (C=O) groups is 2. The number of ether oxygens (including phenoxy) is 3. The fraction of sp³-hybridized carbons (Fsp3) is 0.500. The van der Waals surface area contributed by atoms with Crippen molar-refractivity contribution >= 4 is 11.9 Å². The van der Waals surface area contributed by atoms with Gasteiger partial charge in [-0.15, -0.1) is 0 Å². The maximum atomic E-state index is 11.0. The topological polar surface area (TPSA) is 85.6 Å². The van der Waals surface area contributed by atoms with E-state index < -0.39 is 18.5 Å². The Labute approximate surface area is 93.4 Å². The van der Waals surface area contributed by atoms with Crippen molar-refractivity contribution in [2.45, 2.75) is 6.92 Å². The minimum absolute atomic E-state index is 0.101. The summed E-state index contributed by atoms with van der Waals surface area (Å²) in [7, 11) is 0. The molecule has 0 aromatic rings. The quantitative estimate of drug-likeness (QED) is 0.267. The van der Waals surface area contributed by atoms with Crippen LogP contribution in [0.25, 0.3) is 0 Å². The van der Waals surface area contributed by atoms with Crippen LogP contribution in [-0.2, 0) is 23.8 Å². The van der Waals surface area contributed by atoms with Gasteiger partial charge in [-0.1, -0.05) is 6.58 Å². The highest BCUT2D eigenvalue weighted by Crippen LogP contribution is 1.92. The van der Waals surface area contributed by atoms with E-state index in [-0.39, 0.29) is 12.2 Å². The summed E-state index contributed by atoms with van der Waals surface area (Å²) in [5.41, 5.74) is -0.359. The van der Waals surface area contributed by atoms with Gasteiger partial charge in [0.15, 0.2) is 6.61 Å². The second-order valence-electron chi connectivity index (χ2n) is 2.58. The van der Waals surface area contributed by atoms with E-state index in [0.717, 1.165) is 0 Å².